The third kappa shape index (κ3) is 10.9. The first-order valence-corrected chi connectivity index (χ1v) is 20.9. The lowest BCUT2D eigenvalue weighted by molar-refractivity contribution is -0.152. The Kier molecular flexibility index (Phi) is 16.3. The zero-order valence-electron chi connectivity index (χ0n) is 31.1. The van der Waals surface area contributed by atoms with E-state index in [4.69, 9.17) is 4.74 Å². The molecule has 0 heterocycles. The second kappa shape index (κ2) is 19.9. The molecule has 270 valence electrons. The smallest absolute Gasteiger partial charge is 0.306 e. The highest BCUT2D eigenvalue weighted by atomic mass is 16.5. The van der Waals surface area contributed by atoms with Gasteiger partial charge in [0.05, 0.1) is 6.10 Å². The largest absolute Gasteiger partial charge is 0.462 e. The molecule has 1 unspecified atom stereocenters. The predicted octanol–water partition coefficient (Wildman–Crippen LogP) is 12.0. The van der Waals surface area contributed by atoms with E-state index in [9.17, 15) is 14.7 Å². The van der Waals surface area contributed by atoms with E-state index in [0.717, 1.165) is 51.4 Å². The average molecular weight is 655 g/mol. The summed E-state index contributed by atoms with van der Waals surface area (Å²) >= 11 is 0. The number of rotatable bonds is 23. The molecule has 0 saturated heterocycles. The van der Waals surface area contributed by atoms with Crippen molar-refractivity contribution >= 4 is 11.8 Å². The van der Waals surface area contributed by atoms with Crippen LogP contribution >= 0.6 is 0 Å². The number of carbonyl (C=O) groups excluding carboxylic acids is 2. The number of fused-ring (bicyclic) bond motifs is 5. The molecule has 3 saturated carbocycles. The van der Waals surface area contributed by atoms with E-state index in [2.05, 4.69) is 26.8 Å². The monoisotopic (exact) mass is 655 g/mol. The van der Waals surface area contributed by atoms with Gasteiger partial charge >= 0.3 is 5.97 Å². The maximum Gasteiger partial charge on any atom is 0.306 e. The fourth-order valence-corrected chi connectivity index (χ4v) is 10.4. The van der Waals surface area contributed by atoms with Crippen molar-refractivity contribution < 1.29 is 19.4 Å². The van der Waals surface area contributed by atoms with Gasteiger partial charge in [0.1, 0.15) is 11.9 Å². The maximum atomic E-state index is 12.7. The van der Waals surface area contributed by atoms with Crippen molar-refractivity contribution in [3.05, 3.63) is 11.6 Å². The number of hydrogen-bond acceptors (Lipinski definition) is 4. The van der Waals surface area contributed by atoms with Gasteiger partial charge in [0.15, 0.2) is 0 Å². The van der Waals surface area contributed by atoms with Crippen LogP contribution < -0.4 is 0 Å². The molecule has 1 N–H and O–H groups in total. The van der Waals surface area contributed by atoms with E-state index >= 15 is 0 Å². The van der Waals surface area contributed by atoms with Gasteiger partial charge in [-0.05, 0) is 61.7 Å². The number of aliphatic hydroxyl groups is 1. The molecule has 7 atom stereocenters. The molecule has 0 radical (unpaired) electrons. The Morgan fingerprint density at radius 1 is 0.702 bits per heavy atom. The Morgan fingerprint density at radius 3 is 1.70 bits per heavy atom. The van der Waals surface area contributed by atoms with E-state index < -0.39 is 6.10 Å². The Balaban J connectivity index is 0.970. The summed E-state index contributed by atoms with van der Waals surface area (Å²) in [5.74, 6) is 1.31. The van der Waals surface area contributed by atoms with Gasteiger partial charge in [-0.2, -0.15) is 0 Å². The molecule has 4 aliphatic rings. The van der Waals surface area contributed by atoms with E-state index in [0.29, 0.717) is 30.5 Å². The standard InChI is InChI=1S/C43H74O4/c1-4-5-6-7-8-9-10-11-12-13-14-15-16-17-18-19-20-21-22-23-24-25-40(46)47-35-28-30-42(2)34(32-35)33-38(44)41-36-26-27-39(45)43(36,3)31-29-37(41)42/h33,35-38,41,44H,4-32H2,1-3H3/t35-,36-,37-,38?,41-,42-,43-/m0/s1. The van der Waals surface area contributed by atoms with Crippen LogP contribution in [-0.2, 0) is 14.3 Å². The normalized spacial score (nSPS) is 31.6. The van der Waals surface area contributed by atoms with Crippen molar-refractivity contribution in [3.63, 3.8) is 0 Å². The lowest BCUT2D eigenvalue weighted by atomic mass is 9.47. The van der Waals surface area contributed by atoms with Crippen molar-refractivity contribution in [1.82, 2.24) is 0 Å². The van der Waals surface area contributed by atoms with E-state index in [-0.39, 0.29) is 28.8 Å². The number of esters is 1. The third-order valence-corrected chi connectivity index (χ3v) is 13.6. The summed E-state index contributed by atoms with van der Waals surface area (Å²) in [6.45, 7) is 6.84. The zero-order chi connectivity index (χ0) is 33.5. The Labute approximate surface area is 290 Å². The molecular weight excluding hydrogens is 580 g/mol. The minimum absolute atomic E-state index is 0.0378. The van der Waals surface area contributed by atoms with Crippen molar-refractivity contribution in [2.24, 2.45) is 28.6 Å². The maximum absolute atomic E-state index is 12.7. The predicted molar refractivity (Wildman–Crippen MR) is 195 cm³/mol. The highest BCUT2D eigenvalue weighted by molar-refractivity contribution is 5.87. The first-order valence-electron chi connectivity index (χ1n) is 20.9. The minimum Gasteiger partial charge on any atom is -0.462 e. The summed E-state index contributed by atoms with van der Waals surface area (Å²) in [7, 11) is 0. The Morgan fingerprint density at radius 2 is 1.17 bits per heavy atom. The molecule has 4 heteroatoms. The average Bonchev–Trinajstić information content (AvgIpc) is 3.36. The van der Waals surface area contributed by atoms with Gasteiger partial charge < -0.3 is 9.84 Å². The molecular formula is C43H74O4. The van der Waals surface area contributed by atoms with Crippen LogP contribution in [0.4, 0.5) is 0 Å². The van der Waals surface area contributed by atoms with Gasteiger partial charge in [0.25, 0.3) is 0 Å². The van der Waals surface area contributed by atoms with Crippen LogP contribution in [0.5, 0.6) is 0 Å². The SMILES string of the molecule is CCCCCCCCCCCCCCCCCCCCCCCC(=O)O[C@H]1CC[C@@]2(C)C(=CC(O)[C@@H]3[C@@H]2CC[C@]2(C)C(=O)CC[C@@H]32)C1. The topological polar surface area (TPSA) is 63.6 Å². The van der Waals surface area contributed by atoms with Gasteiger partial charge in [0, 0.05) is 24.7 Å². The number of Topliss-reactive ketones (excluding diaryl/α,β-unsaturated/α-hetero) is 1. The number of unbranched alkanes of at least 4 members (excludes halogenated alkanes) is 20. The van der Waals surface area contributed by atoms with E-state index in [1.54, 1.807) is 0 Å². The van der Waals surface area contributed by atoms with Crippen LogP contribution in [-0.4, -0.2) is 29.1 Å². The number of hydrogen-bond donors (Lipinski definition) is 1. The van der Waals surface area contributed by atoms with Gasteiger partial charge in [-0.3, -0.25) is 9.59 Å². The van der Waals surface area contributed by atoms with Gasteiger partial charge in [-0.1, -0.05) is 161 Å². The zero-order valence-corrected chi connectivity index (χ0v) is 31.1. The summed E-state index contributed by atoms with van der Waals surface area (Å²) in [5, 5.41) is 11.3. The molecule has 0 aromatic heterocycles. The summed E-state index contributed by atoms with van der Waals surface area (Å²) in [6, 6.07) is 0. The molecule has 0 aliphatic heterocycles. The van der Waals surface area contributed by atoms with Gasteiger partial charge in [0.2, 0.25) is 0 Å². The fourth-order valence-electron chi connectivity index (χ4n) is 10.4. The van der Waals surface area contributed by atoms with Crippen LogP contribution in [0.25, 0.3) is 0 Å². The van der Waals surface area contributed by atoms with E-state index in [1.165, 1.54) is 128 Å². The lowest BCUT2D eigenvalue weighted by Crippen LogP contribution is -2.54. The lowest BCUT2D eigenvalue weighted by Gasteiger charge is -2.58. The van der Waals surface area contributed by atoms with Gasteiger partial charge in [-0.25, -0.2) is 0 Å². The van der Waals surface area contributed by atoms with Crippen LogP contribution in [0.1, 0.15) is 207 Å². The number of carbonyl (C=O) groups is 2. The van der Waals surface area contributed by atoms with Crippen LogP contribution in [0.2, 0.25) is 0 Å². The molecule has 0 spiro atoms. The molecule has 3 fully saturated rings. The third-order valence-electron chi connectivity index (χ3n) is 13.6. The molecule has 0 aromatic carbocycles. The first kappa shape index (κ1) is 38.6. The second-order valence-corrected chi connectivity index (χ2v) is 17.0. The molecule has 0 amide bonds. The number of aliphatic hydroxyl groups excluding tert-OH is 1. The number of ether oxygens (including phenoxy) is 1. The summed E-state index contributed by atoms with van der Waals surface area (Å²) in [4.78, 5) is 25.4. The highest BCUT2D eigenvalue weighted by Gasteiger charge is 2.60. The quantitative estimate of drug-likeness (QED) is 0.0676. The Hall–Kier alpha value is -1.16. The summed E-state index contributed by atoms with van der Waals surface area (Å²) in [5.41, 5.74) is 1.13. The summed E-state index contributed by atoms with van der Waals surface area (Å²) < 4.78 is 5.99. The van der Waals surface area contributed by atoms with Crippen LogP contribution in [0, 0.1) is 28.6 Å². The van der Waals surface area contributed by atoms with E-state index in [1.807, 2.05) is 0 Å². The number of ketones is 1. The summed E-state index contributed by atoms with van der Waals surface area (Å²) in [6.07, 6.45) is 37.1. The second-order valence-electron chi connectivity index (χ2n) is 17.0. The van der Waals surface area contributed by atoms with Crippen LogP contribution in [0.15, 0.2) is 11.6 Å². The molecule has 47 heavy (non-hydrogen) atoms. The molecule has 0 bridgehead atoms. The minimum atomic E-state index is -0.479. The fraction of sp³-hybridized carbons (Fsp3) is 0.907. The van der Waals surface area contributed by atoms with Crippen molar-refractivity contribution in [2.75, 3.05) is 0 Å². The first-order chi connectivity index (χ1) is 22.8. The van der Waals surface area contributed by atoms with Crippen molar-refractivity contribution in [2.45, 2.75) is 219 Å². The Bertz CT molecular complexity index is 971. The van der Waals surface area contributed by atoms with Crippen molar-refractivity contribution in [3.8, 4) is 0 Å². The van der Waals surface area contributed by atoms with Crippen molar-refractivity contribution in [1.29, 1.82) is 0 Å². The van der Waals surface area contributed by atoms with Gasteiger partial charge in [-0.15, -0.1) is 0 Å². The highest BCUT2D eigenvalue weighted by Crippen LogP contribution is 2.64. The van der Waals surface area contributed by atoms with Crippen LogP contribution in [0.3, 0.4) is 0 Å². The molecule has 4 nitrogen and oxygen atoms in total. The molecule has 4 aliphatic carbocycles. The molecule has 4 rings (SSSR count). The molecule has 0 aromatic rings.